The Bertz CT molecular complexity index is 273. The molecule has 0 rings (SSSR count). The zero-order chi connectivity index (χ0) is 18.6. The quantitative estimate of drug-likeness (QED) is 0.188. The number of hydrogen-bond acceptors (Lipinski definition) is 2. The minimum absolute atomic E-state index is 0.729. The van der Waals surface area contributed by atoms with Gasteiger partial charge in [0.25, 0.3) is 0 Å². The summed E-state index contributed by atoms with van der Waals surface area (Å²) < 4.78 is 1.04. The molecule has 0 aromatic carbocycles. The van der Waals surface area contributed by atoms with Crippen LogP contribution in [0.5, 0.6) is 0 Å². The molecular formula is C22H45NS2. The highest BCUT2D eigenvalue weighted by Crippen LogP contribution is 2.23. The van der Waals surface area contributed by atoms with E-state index >= 15 is 0 Å². The molecule has 1 nitrogen and oxygen atoms in total. The van der Waals surface area contributed by atoms with Gasteiger partial charge in [-0.25, -0.2) is 0 Å². The summed E-state index contributed by atoms with van der Waals surface area (Å²) in [5, 5.41) is 4.21. The van der Waals surface area contributed by atoms with Crippen LogP contribution in [0.1, 0.15) is 124 Å². The minimum Gasteiger partial charge on any atom is -0.371 e. The van der Waals surface area contributed by atoms with Crippen molar-refractivity contribution in [3.8, 4) is 0 Å². The van der Waals surface area contributed by atoms with Crippen molar-refractivity contribution in [2.24, 2.45) is 0 Å². The van der Waals surface area contributed by atoms with Crippen LogP contribution in [0.3, 0.4) is 0 Å². The molecule has 0 aromatic heterocycles. The molecule has 0 fully saturated rings. The van der Waals surface area contributed by atoms with E-state index < -0.39 is 0 Å². The molecule has 150 valence electrons. The second-order valence-electron chi connectivity index (χ2n) is 7.42. The van der Waals surface area contributed by atoms with E-state index in [1.165, 1.54) is 103 Å². The van der Waals surface area contributed by atoms with Crippen LogP contribution in [0, 0.1) is 0 Å². The second kappa shape index (κ2) is 20.6. The van der Waals surface area contributed by atoms with Crippen molar-refractivity contribution in [2.75, 3.05) is 6.54 Å². The van der Waals surface area contributed by atoms with E-state index in [0.29, 0.717) is 0 Å². The van der Waals surface area contributed by atoms with Crippen molar-refractivity contribution < 1.29 is 0 Å². The zero-order valence-electron chi connectivity index (χ0n) is 17.4. The fourth-order valence-corrected chi connectivity index (χ4v) is 4.69. The van der Waals surface area contributed by atoms with Crippen LogP contribution in [0.2, 0.25) is 0 Å². The average Bonchev–Trinajstić information content (AvgIpc) is 2.61. The number of hydrogen-bond donors (Lipinski definition) is 1. The molecule has 0 aliphatic carbocycles. The van der Waals surface area contributed by atoms with Crippen LogP contribution in [0.15, 0.2) is 0 Å². The van der Waals surface area contributed by atoms with Gasteiger partial charge in [-0.1, -0.05) is 128 Å². The first-order chi connectivity index (χ1) is 12.2. The van der Waals surface area contributed by atoms with E-state index in [4.69, 9.17) is 12.2 Å². The number of thioether (sulfide) groups is 1. The molecule has 0 aromatic rings. The summed E-state index contributed by atoms with van der Waals surface area (Å²) in [6.07, 6.45) is 21.9. The van der Waals surface area contributed by atoms with Gasteiger partial charge < -0.3 is 5.32 Å². The van der Waals surface area contributed by atoms with Crippen LogP contribution in [-0.4, -0.2) is 16.1 Å². The Hall–Kier alpha value is 0.240. The van der Waals surface area contributed by atoms with Crippen molar-refractivity contribution >= 4 is 28.3 Å². The van der Waals surface area contributed by atoms with Crippen molar-refractivity contribution in [1.82, 2.24) is 5.32 Å². The van der Waals surface area contributed by atoms with Crippen LogP contribution >= 0.6 is 24.0 Å². The Balaban J connectivity index is 3.51. The van der Waals surface area contributed by atoms with Gasteiger partial charge >= 0.3 is 0 Å². The molecule has 0 heterocycles. The third-order valence-electron chi connectivity index (χ3n) is 4.83. The highest BCUT2D eigenvalue weighted by molar-refractivity contribution is 8.23. The first-order valence-electron chi connectivity index (χ1n) is 11.2. The van der Waals surface area contributed by atoms with Crippen LogP contribution < -0.4 is 5.32 Å². The van der Waals surface area contributed by atoms with Gasteiger partial charge in [0.2, 0.25) is 0 Å². The predicted octanol–water partition coefficient (Wildman–Crippen LogP) is 8.26. The van der Waals surface area contributed by atoms with Gasteiger partial charge in [-0.05, 0) is 19.3 Å². The van der Waals surface area contributed by atoms with Crippen molar-refractivity contribution in [3.63, 3.8) is 0 Å². The monoisotopic (exact) mass is 387 g/mol. The summed E-state index contributed by atoms with van der Waals surface area (Å²) >= 11 is 7.48. The first kappa shape index (κ1) is 25.2. The third kappa shape index (κ3) is 18.8. The Kier molecular flexibility index (Phi) is 20.7. The average molecular weight is 388 g/mol. The standard InChI is InChI=1S/C22H45NS2/c1-4-7-10-11-12-13-14-15-16-17-20-23-22(24)25-21(18-8-5-2)19-9-6-3/h21H,4-20H2,1-3H3,(H,23,24). The molecule has 0 aliphatic heterocycles. The summed E-state index contributed by atoms with van der Waals surface area (Å²) in [5.74, 6) is 0. The summed E-state index contributed by atoms with van der Waals surface area (Å²) in [7, 11) is 0. The van der Waals surface area contributed by atoms with Gasteiger partial charge in [0.15, 0.2) is 0 Å². The molecule has 0 amide bonds. The molecule has 0 aliphatic rings. The molecule has 1 N–H and O–H groups in total. The lowest BCUT2D eigenvalue weighted by molar-refractivity contribution is 0.555. The smallest absolute Gasteiger partial charge is 0.134 e. The summed E-state index contributed by atoms with van der Waals surface area (Å²) in [5.41, 5.74) is 0. The Morgan fingerprint density at radius 1 is 0.680 bits per heavy atom. The molecule has 0 unspecified atom stereocenters. The van der Waals surface area contributed by atoms with E-state index in [0.717, 1.165) is 16.1 Å². The van der Waals surface area contributed by atoms with E-state index in [2.05, 4.69) is 26.1 Å². The molecule has 0 atom stereocenters. The topological polar surface area (TPSA) is 12.0 Å². The van der Waals surface area contributed by atoms with Crippen molar-refractivity contribution in [2.45, 2.75) is 129 Å². The second-order valence-corrected chi connectivity index (χ2v) is 9.40. The molecule has 0 saturated heterocycles. The normalized spacial score (nSPS) is 11.2. The zero-order valence-corrected chi connectivity index (χ0v) is 19.0. The van der Waals surface area contributed by atoms with Gasteiger partial charge in [0.05, 0.1) is 0 Å². The van der Waals surface area contributed by atoms with Gasteiger partial charge in [-0.3, -0.25) is 0 Å². The summed E-state index contributed by atoms with van der Waals surface area (Å²) in [4.78, 5) is 0. The molecule has 3 heteroatoms. The summed E-state index contributed by atoms with van der Waals surface area (Å²) in [6.45, 7) is 7.91. The van der Waals surface area contributed by atoms with Crippen LogP contribution in [-0.2, 0) is 0 Å². The van der Waals surface area contributed by atoms with Gasteiger partial charge in [0.1, 0.15) is 4.32 Å². The first-order valence-corrected chi connectivity index (χ1v) is 12.5. The maximum atomic E-state index is 5.55. The van der Waals surface area contributed by atoms with Gasteiger partial charge in [-0.15, -0.1) is 0 Å². The highest BCUT2D eigenvalue weighted by Gasteiger charge is 2.11. The molecule has 0 radical (unpaired) electrons. The molecule has 0 saturated carbocycles. The Morgan fingerprint density at radius 2 is 1.12 bits per heavy atom. The number of rotatable bonds is 18. The molecule has 0 bridgehead atoms. The SMILES string of the molecule is CCCCCCCCCCCCNC(=S)SC(CCCC)CCCC. The number of nitrogens with one attached hydrogen (secondary N) is 1. The largest absolute Gasteiger partial charge is 0.371 e. The predicted molar refractivity (Wildman–Crippen MR) is 123 cm³/mol. The van der Waals surface area contributed by atoms with E-state index in [9.17, 15) is 0 Å². The van der Waals surface area contributed by atoms with E-state index in [-0.39, 0.29) is 0 Å². The fraction of sp³-hybridized carbons (Fsp3) is 0.955. The van der Waals surface area contributed by atoms with Crippen molar-refractivity contribution in [1.29, 1.82) is 0 Å². The van der Waals surface area contributed by atoms with Gasteiger partial charge in [0, 0.05) is 11.8 Å². The lowest BCUT2D eigenvalue weighted by Gasteiger charge is -2.17. The lowest BCUT2D eigenvalue weighted by atomic mass is 10.1. The van der Waals surface area contributed by atoms with Crippen LogP contribution in [0.4, 0.5) is 0 Å². The van der Waals surface area contributed by atoms with Crippen LogP contribution in [0.25, 0.3) is 0 Å². The minimum atomic E-state index is 0.729. The molecular weight excluding hydrogens is 342 g/mol. The van der Waals surface area contributed by atoms with Gasteiger partial charge in [-0.2, -0.15) is 0 Å². The Labute approximate surface area is 168 Å². The number of unbranched alkanes of at least 4 members (excludes halogenated alkanes) is 11. The molecule has 25 heavy (non-hydrogen) atoms. The maximum absolute atomic E-state index is 5.55. The fourth-order valence-electron chi connectivity index (χ4n) is 3.12. The highest BCUT2D eigenvalue weighted by atomic mass is 32.2. The number of thiocarbonyl (C=S) groups is 1. The van der Waals surface area contributed by atoms with E-state index in [1.807, 2.05) is 11.8 Å². The molecule has 0 spiro atoms. The Morgan fingerprint density at radius 3 is 1.60 bits per heavy atom. The van der Waals surface area contributed by atoms with Crippen molar-refractivity contribution in [3.05, 3.63) is 0 Å². The lowest BCUT2D eigenvalue weighted by Crippen LogP contribution is -2.22. The maximum Gasteiger partial charge on any atom is 0.134 e. The van der Waals surface area contributed by atoms with E-state index in [1.54, 1.807) is 0 Å². The summed E-state index contributed by atoms with van der Waals surface area (Å²) in [6, 6.07) is 0. The third-order valence-corrected chi connectivity index (χ3v) is 6.43.